The van der Waals surface area contributed by atoms with E-state index in [1.54, 1.807) is 53.6 Å². The van der Waals surface area contributed by atoms with Crippen molar-refractivity contribution < 1.29 is 24.2 Å². The highest BCUT2D eigenvalue weighted by Crippen LogP contribution is 2.32. The average molecular weight is 508 g/mol. The minimum atomic E-state index is -1.56. The molecule has 0 spiro atoms. The van der Waals surface area contributed by atoms with Crippen LogP contribution in [0.25, 0.3) is 0 Å². The SMILES string of the molecule is NN1C(=O)C(O)N2CCCC2OC(=O)C(N(C(=O)c2ccccn2)C2CCCCC2)Cc2ccccc21. The highest BCUT2D eigenvalue weighted by Gasteiger charge is 2.43. The lowest BCUT2D eigenvalue weighted by Crippen LogP contribution is -2.55. The number of aromatic nitrogens is 1. The molecule has 3 heterocycles. The van der Waals surface area contributed by atoms with Crippen molar-refractivity contribution in [3.8, 4) is 0 Å². The number of rotatable bonds is 3. The zero-order valence-corrected chi connectivity index (χ0v) is 20.7. The third-order valence-corrected chi connectivity index (χ3v) is 7.62. The predicted molar refractivity (Wildman–Crippen MR) is 135 cm³/mol. The lowest BCUT2D eigenvalue weighted by molar-refractivity contribution is -0.174. The Bertz CT molecular complexity index is 1140. The van der Waals surface area contributed by atoms with Gasteiger partial charge in [-0.2, -0.15) is 0 Å². The molecule has 3 N–H and O–H groups in total. The molecule has 10 heteroatoms. The molecule has 1 aromatic carbocycles. The number of amides is 2. The first-order valence-electron chi connectivity index (χ1n) is 13.0. The van der Waals surface area contributed by atoms with Crippen molar-refractivity contribution in [2.24, 2.45) is 5.84 Å². The fraction of sp³-hybridized carbons (Fsp3) is 0.481. The maximum Gasteiger partial charge on any atom is 0.330 e. The van der Waals surface area contributed by atoms with Gasteiger partial charge in [-0.05, 0) is 49.4 Å². The average Bonchev–Trinajstić information content (AvgIpc) is 3.40. The van der Waals surface area contributed by atoms with Crippen LogP contribution in [0, 0.1) is 0 Å². The lowest BCUT2D eigenvalue weighted by atomic mass is 9.91. The summed E-state index contributed by atoms with van der Waals surface area (Å²) < 4.78 is 5.95. The molecule has 5 rings (SSSR count). The van der Waals surface area contributed by atoms with Gasteiger partial charge in [-0.15, -0.1) is 0 Å². The molecule has 1 saturated carbocycles. The Hall–Kier alpha value is -3.34. The minimum Gasteiger partial charge on any atom is -0.445 e. The number of aliphatic hydroxyl groups excluding tert-OH is 1. The molecule has 3 aliphatic rings. The standard InChI is InChI=1S/C27H33N5O5/c28-32-21-13-5-4-9-18(21)17-22(27(36)37-23-14-8-16-30(23)25(34)26(32)35)31(19-10-2-1-3-11-19)24(33)20-12-6-7-15-29-20/h4-7,9,12-13,15,19,22-23,25,34H,1-3,8,10-11,14,16-17,28H2. The van der Waals surface area contributed by atoms with Crippen LogP contribution in [0.2, 0.25) is 0 Å². The number of para-hydroxylation sites is 1. The molecule has 3 unspecified atom stereocenters. The third kappa shape index (κ3) is 5.09. The monoisotopic (exact) mass is 507 g/mol. The van der Waals surface area contributed by atoms with Gasteiger partial charge in [-0.3, -0.25) is 14.6 Å². The molecule has 1 aliphatic carbocycles. The molecule has 0 bridgehead atoms. The molecule has 10 nitrogen and oxygen atoms in total. The summed E-state index contributed by atoms with van der Waals surface area (Å²) in [4.78, 5) is 48.3. The number of ether oxygens (including phenoxy) is 1. The van der Waals surface area contributed by atoms with Gasteiger partial charge >= 0.3 is 5.97 Å². The van der Waals surface area contributed by atoms with E-state index >= 15 is 0 Å². The summed E-state index contributed by atoms with van der Waals surface area (Å²) in [5.41, 5.74) is 1.23. The highest BCUT2D eigenvalue weighted by molar-refractivity contribution is 5.97. The summed E-state index contributed by atoms with van der Waals surface area (Å²) in [6.07, 6.45) is 5.00. The van der Waals surface area contributed by atoms with Crippen LogP contribution in [-0.2, 0) is 20.7 Å². The number of fused-ring (bicyclic) bond motifs is 2. The van der Waals surface area contributed by atoms with Crippen molar-refractivity contribution in [2.45, 2.75) is 75.9 Å². The molecular formula is C27H33N5O5. The number of esters is 1. The Morgan fingerprint density at radius 3 is 2.54 bits per heavy atom. The molecule has 0 radical (unpaired) electrons. The van der Waals surface area contributed by atoms with Crippen LogP contribution < -0.4 is 10.9 Å². The summed E-state index contributed by atoms with van der Waals surface area (Å²) in [6.45, 7) is 0.379. The second-order valence-corrected chi connectivity index (χ2v) is 9.92. The van der Waals surface area contributed by atoms with Crippen LogP contribution in [0.15, 0.2) is 48.7 Å². The van der Waals surface area contributed by atoms with E-state index in [0.29, 0.717) is 30.6 Å². The first-order chi connectivity index (χ1) is 18.0. The number of aliphatic hydroxyl groups is 1. The molecule has 196 valence electrons. The number of benzene rings is 1. The molecule has 37 heavy (non-hydrogen) atoms. The normalized spacial score (nSPS) is 25.6. The molecule has 2 fully saturated rings. The van der Waals surface area contributed by atoms with Crippen LogP contribution in [-0.4, -0.2) is 68.8 Å². The number of pyridine rings is 1. The molecule has 2 amide bonds. The number of nitrogens with zero attached hydrogens (tertiary/aromatic N) is 4. The zero-order chi connectivity index (χ0) is 25.9. The Morgan fingerprint density at radius 2 is 1.78 bits per heavy atom. The number of carbonyl (C=O) groups excluding carboxylic acids is 3. The first-order valence-corrected chi connectivity index (χ1v) is 13.0. The van der Waals surface area contributed by atoms with E-state index in [-0.39, 0.29) is 24.1 Å². The van der Waals surface area contributed by atoms with Gasteiger partial charge in [0, 0.05) is 25.2 Å². The number of carbonyl (C=O) groups is 3. The first kappa shape index (κ1) is 25.3. The fourth-order valence-corrected chi connectivity index (χ4v) is 5.73. The largest absolute Gasteiger partial charge is 0.445 e. The summed E-state index contributed by atoms with van der Waals surface area (Å²) >= 11 is 0. The van der Waals surface area contributed by atoms with E-state index in [0.717, 1.165) is 37.1 Å². The maximum atomic E-state index is 13.9. The van der Waals surface area contributed by atoms with Gasteiger partial charge in [0.25, 0.3) is 11.8 Å². The van der Waals surface area contributed by atoms with E-state index in [1.807, 2.05) is 0 Å². The van der Waals surface area contributed by atoms with E-state index in [1.165, 1.54) is 4.90 Å². The number of anilines is 1. The molecule has 3 atom stereocenters. The molecule has 2 aliphatic heterocycles. The van der Waals surface area contributed by atoms with E-state index in [4.69, 9.17) is 10.6 Å². The van der Waals surface area contributed by atoms with Crippen molar-refractivity contribution in [1.29, 1.82) is 0 Å². The van der Waals surface area contributed by atoms with Crippen molar-refractivity contribution in [1.82, 2.24) is 14.8 Å². The summed E-state index contributed by atoms with van der Waals surface area (Å²) in [6, 6.07) is 11.0. The van der Waals surface area contributed by atoms with E-state index in [9.17, 15) is 19.5 Å². The third-order valence-electron chi connectivity index (χ3n) is 7.62. The predicted octanol–water partition coefficient (Wildman–Crippen LogP) is 1.97. The highest BCUT2D eigenvalue weighted by atomic mass is 16.6. The van der Waals surface area contributed by atoms with Crippen LogP contribution in [0.1, 0.15) is 61.0 Å². The van der Waals surface area contributed by atoms with Crippen LogP contribution in [0.3, 0.4) is 0 Å². The second-order valence-electron chi connectivity index (χ2n) is 9.92. The van der Waals surface area contributed by atoms with Crippen molar-refractivity contribution in [2.75, 3.05) is 11.6 Å². The summed E-state index contributed by atoms with van der Waals surface area (Å²) in [5, 5.41) is 11.8. The van der Waals surface area contributed by atoms with Gasteiger partial charge in [0.1, 0.15) is 11.7 Å². The molecule has 1 aromatic heterocycles. The number of hydrazine groups is 1. The Labute approximate surface area is 216 Å². The number of nitrogens with two attached hydrogens (primary N) is 1. The summed E-state index contributed by atoms with van der Waals surface area (Å²) in [5.74, 6) is 4.64. The fourth-order valence-electron chi connectivity index (χ4n) is 5.73. The Balaban J connectivity index is 1.60. The van der Waals surface area contributed by atoms with Crippen molar-refractivity contribution in [3.63, 3.8) is 0 Å². The second kappa shape index (κ2) is 11.0. The van der Waals surface area contributed by atoms with E-state index in [2.05, 4.69) is 4.98 Å². The number of hydrogen-bond donors (Lipinski definition) is 2. The molecule has 2 aromatic rings. The van der Waals surface area contributed by atoms with Gasteiger partial charge in [-0.25, -0.2) is 20.5 Å². The van der Waals surface area contributed by atoms with Crippen LogP contribution >= 0.6 is 0 Å². The van der Waals surface area contributed by atoms with Crippen molar-refractivity contribution in [3.05, 3.63) is 59.9 Å². The zero-order valence-electron chi connectivity index (χ0n) is 20.7. The van der Waals surface area contributed by atoms with Crippen molar-refractivity contribution >= 4 is 23.5 Å². The molecular weight excluding hydrogens is 474 g/mol. The lowest BCUT2D eigenvalue weighted by Gasteiger charge is -2.39. The minimum absolute atomic E-state index is 0.105. The summed E-state index contributed by atoms with van der Waals surface area (Å²) in [7, 11) is 0. The Morgan fingerprint density at radius 1 is 1.03 bits per heavy atom. The number of hydrogen-bond acceptors (Lipinski definition) is 8. The van der Waals surface area contributed by atoms with Crippen LogP contribution in [0.4, 0.5) is 5.69 Å². The van der Waals surface area contributed by atoms with Gasteiger partial charge in [0.2, 0.25) is 0 Å². The van der Waals surface area contributed by atoms with Crippen LogP contribution in [0.5, 0.6) is 0 Å². The Kier molecular flexibility index (Phi) is 7.50. The maximum absolute atomic E-state index is 13.9. The van der Waals surface area contributed by atoms with Gasteiger partial charge in [0.15, 0.2) is 12.5 Å². The molecule has 1 saturated heterocycles. The van der Waals surface area contributed by atoms with Gasteiger partial charge < -0.3 is 14.7 Å². The van der Waals surface area contributed by atoms with Gasteiger partial charge in [0.05, 0.1) is 5.69 Å². The smallest absolute Gasteiger partial charge is 0.330 e. The topological polar surface area (TPSA) is 129 Å². The quantitative estimate of drug-likeness (QED) is 0.367. The van der Waals surface area contributed by atoms with E-state index < -0.39 is 30.4 Å². The van der Waals surface area contributed by atoms with Gasteiger partial charge in [-0.1, -0.05) is 43.5 Å².